The van der Waals surface area contributed by atoms with Crippen molar-refractivity contribution in [3.63, 3.8) is 0 Å². The number of halogens is 2. The lowest BCUT2D eigenvalue weighted by molar-refractivity contribution is -0.127. The molecule has 1 aliphatic carbocycles. The zero-order valence-electron chi connectivity index (χ0n) is 10.4. The van der Waals surface area contributed by atoms with Crippen molar-refractivity contribution in [1.82, 2.24) is 0 Å². The molecule has 1 aliphatic rings. The summed E-state index contributed by atoms with van der Waals surface area (Å²) in [5.74, 6) is 0.344. The first-order chi connectivity index (χ1) is 8.85. The second kappa shape index (κ2) is 5.38. The molecular weight excluding hydrogens is 348 g/mol. The molecule has 0 radical (unpaired) electrons. The number of nitrogens with one attached hydrogen (secondary N) is 1. The normalized spacial score (nSPS) is 25.5. The SMILES string of the molecule is CC1CC(C(=O)Nc2ccc(Cl)c(Br)c2)(C(N)=S)C1. The third-order valence-electron chi connectivity index (χ3n) is 3.48. The highest BCUT2D eigenvalue weighted by Gasteiger charge is 2.50. The predicted octanol–water partition coefficient (Wildman–Crippen LogP) is 3.74. The Bertz CT molecular complexity index is 543. The van der Waals surface area contributed by atoms with E-state index < -0.39 is 5.41 Å². The van der Waals surface area contributed by atoms with E-state index in [0.29, 0.717) is 29.5 Å². The smallest absolute Gasteiger partial charge is 0.237 e. The van der Waals surface area contributed by atoms with Gasteiger partial charge in [-0.25, -0.2) is 0 Å². The van der Waals surface area contributed by atoms with Crippen molar-refractivity contribution >= 4 is 56.3 Å². The van der Waals surface area contributed by atoms with Gasteiger partial charge in [0.15, 0.2) is 0 Å². The number of nitrogens with two attached hydrogens (primary N) is 1. The van der Waals surface area contributed by atoms with Gasteiger partial charge >= 0.3 is 0 Å². The minimum atomic E-state index is -0.694. The molecule has 0 bridgehead atoms. The molecular formula is C13H14BrClN2OS. The summed E-state index contributed by atoms with van der Waals surface area (Å²) < 4.78 is 0.735. The maximum atomic E-state index is 12.4. The summed E-state index contributed by atoms with van der Waals surface area (Å²) in [7, 11) is 0. The first kappa shape index (κ1) is 14.8. The molecule has 3 nitrogen and oxygen atoms in total. The number of carbonyl (C=O) groups excluding carboxylic acids is 1. The van der Waals surface area contributed by atoms with Crippen molar-refractivity contribution in [2.75, 3.05) is 5.32 Å². The summed E-state index contributed by atoms with van der Waals surface area (Å²) in [5.41, 5.74) is 5.73. The second-order valence-electron chi connectivity index (χ2n) is 5.04. The van der Waals surface area contributed by atoms with E-state index in [-0.39, 0.29) is 10.9 Å². The third-order valence-corrected chi connectivity index (χ3v) is 5.08. The minimum Gasteiger partial charge on any atom is -0.392 e. The van der Waals surface area contributed by atoms with Crippen LogP contribution >= 0.6 is 39.7 Å². The first-order valence-corrected chi connectivity index (χ1v) is 7.49. The largest absolute Gasteiger partial charge is 0.392 e. The molecule has 2 rings (SSSR count). The number of anilines is 1. The summed E-state index contributed by atoms with van der Waals surface area (Å²) in [6.07, 6.45) is 1.42. The maximum absolute atomic E-state index is 12.4. The van der Waals surface area contributed by atoms with Gasteiger partial charge in [-0.2, -0.15) is 0 Å². The van der Waals surface area contributed by atoms with Gasteiger partial charge in [0, 0.05) is 10.2 Å². The van der Waals surface area contributed by atoms with Crippen LogP contribution in [0.2, 0.25) is 5.02 Å². The van der Waals surface area contributed by atoms with Crippen molar-refractivity contribution in [3.8, 4) is 0 Å². The number of hydrogen-bond donors (Lipinski definition) is 2. The van der Waals surface area contributed by atoms with E-state index >= 15 is 0 Å². The van der Waals surface area contributed by atoms with E-state index in [1.807, 2.05) is 0 Å². The summed E-state index contributed by atoms with van der Waals surface area (Å²) in [5, 5.41) is 3.46. The summed E-state index contributed by atoms with van der Waals surface area (Å²) >= 11 is 14.3. The molecule has 19 heavy (non-hydrogen) atoms. The van der Waals surface area contributed by atoms with E-state index in [4.69, 9.17) is 29.6 Å². The van der Waals surface area contributed by atoms with Gasteiger partial charge in [0.2, 0.25) is 5.91 Å². The quantitative estimate of drug-likeness (QED) is 0.806. The molecule has 1 fully saturated rings. The first-order valence-electron chi connectivity index (χ1n) is 5.91. The number of hydrogen-bond acceptors (Lipinski definition) is 2. The van der Waals surface area contributed by atoms with E-state index in [1.54, 1.807) is 18.2 Å². The minimum absolute atomic E-state index is 0.132. The fourth-order valence-electron chi connectivity index (χ4n) is 2.45. The van der Waals surface area contributed by atoms with E-state index in [2.05, 4.69) is 28.2 Å². The van der Waals surface area contributed by atoms with Crippen LogP contribution in [0.5, 0.6) is 0 Å². The fourth-order valence-corrected chi connectivity index (χ4v) is 3.21. The zero-order chi connectivity index (χ0) is 14.2. The highest BCUT2D eigenvalue weighted by Crippen LogP contribution is 2.46. The van der Waals surface area contributed by atoms with Crippen LogP contribution in [0.25, 0.3) is 0 Å². The van der Waals surface area contributed by atoms with Crippen LogP contribution in [0.3, 0.4) is 0 Å². The molecule has 0 heterocycles. The molecule has 0 unspecified atom stereocenters. The Hall–Kier alpha value is -0.650. The summed E-state index contributed by atoms with van der Waals surface area (Å²) in [6.45, 7) is 2.09. The van der Waals surface area contributed by atoms with E-state index in [0.717, 1.165) is 4.47 Å². The molecule has 1 saturated carbocycles. The summed E-state index contributed by atoms with van der Waals surface area (Å²) in [6, 6.07) is 5.23. The Morgan fingerprint density at radius 3 is 2.68 bits per heavy atom. The molecule has 1 aromatic rings. The Labute approximate surface area is 131 Å². The zero-order valence-corrected chi connectivity index (χ0v) is 13.5. The highest BCUT2D eigenvalue weighted by atomic mass is 79.9. The molecule has 0 spiro atoms. The van der Waals surface area contributed by atoms with Gasteiger partial charge in [0.25, 0.3) is 0 Å². The Kier molecular flexibility index (Phi) is 4.18. The van der Waals surface area contributed by atoms with E-state index in [9.17, 15) is 4.79 Å². The predicted molar refractivity (Wildman–Crippen MR) is 85.4 cm³/mol. The van der Waals surface area contributed by atoms with Gasteiger partial charge in [-0.1, -0.05) is 30.7 Å². The Balaban J connectivity index is 2.16. The topological polar surface area (TPSA) is 55.1 Å². The molecule has 0 aliphatic heterocycles. The third kappa shape index (κ3) is 2.78. The monoisotopic (exact) mass is 360 g/mol. The van der Waals surface area contributed by atoms with Gasteiger partial charge in [0.05, 0.1) is 15.4 Å². The van der Waals surface area contributed by atoms with Crippen LogP contribution in [-0.4, -0.2) is 10.9 Å². The lowest BCUT2D eigenvalue weighted by Crippen LogP contribution is -2.53. The standard InChI is InChI=1S/C13H14BrClN2OS/c1-7-5-13(6-7,11(16)19)12(18)17-8-2-3-10(15)9(14)4-8/h2-4,7H,5-6H2,1H3,(H2,16,19)(H,17,18). The summed E-state index contributed by atoms with van der Waals surface area (Å²) in [4.78, 5) is 12.6. The number of thiocarbonyl (C=S) groups is 1. The lowest BCUT2D eigenvalue weighted by Gasteiger charge is -2.44. The highest BCUT2D eigenvalue weighted by molar-refractivity contribution is 9.10. The molecule has 1 aromatic carbocycles. The van der Waals surface area contributed by atoms with Crippen molar-refractivity contribution in [2.24, 2.45) is 17.1 Å². The van der Waals surface area contributed by atoms with Gasteiger partial charge in [-0.05, 0) is 52.9 Å². The average molecular weight is 362 g/mol. The Morgan fingerprint density at radius 2 is 2.21 bits per heavy atom. The number of benzene rings is 1. The van der Waals surface area contributed by atoms with Crippen molar-refractivity contribution < 1.29 is 4.79 Å². The molecule has 102 valence electrons. The van der Waals surface area contributed by atoms with Gasteiger partial charge < -0.3 is 11.1 Å². The second-order valence-corrected chi connectivity index (χ2v) is 6.74. The number of rotatable bonds is 3. The molecule has 1 amide bonds. The average Bonchev–Trinajstić information content (AvgIpc) is 2.29. The maximum Gasteiger partial charge on any atom is 0.237 e. The molecule has 3 N–H and O–H groups in total. The van der Waals surface area contributed by atoms with Crippen molar-refractivity contribution in [2.45, 2.75) is 19.8 Å². The van der Waals surface area contributed by atoms with E-state index in [1.165, 1.54) is 0 Å². The van der Waals surface area contributed by atoms with Gasteiger partial charge in [-0.15, -0.1) is 0 Å². The number of amides is 1. The molecule has 6 heteroatoms. The fraction of sp³-hybridized carbons (Fsp3) is 0.385. The molecule has 0 saturated heterocycles. The van der Waals surface area contributed by atoms with Crippen LogP contribution in [-0.2, 0) is 4.79 Å². The van der Waals surface area contributed by atoms with Crippen LogP contribution in [0.1, 0.15) is 19.8 Å². The van der Waals surface area contributed by atoms with Crippen molar-refractivity contribution in [1.29, 1.82) is 0 Å². The van der Waals surface area contributed by atoms with Crippen LogP contribution < -0.4 is 11.1 Å². The van der Waals surface area contributed by atoms with Crippen LogP contribution in [0.15, 0.2) is 22.7 Å². The van der Waals surface area contributed by atoms with Gasteiger partial charge in [0.1, 0.15) is 0 Å². The Morgan fingerprint density at radius 1 is 1.58 bits per heavy atom. The lowest BCUT2D eigenvalue weighted by atomic mass is 9.62. The van der Waals surface area contributed by atoms with Crippen LogP contribution in [0.4, 0.5) is 5.69 Å². The molecule has 0 atom stereocenters. The molecule has 0 aromatic heterocycles. The number of carbonyl (C=O) groups is 1. The van der Waals surface area contributed by atoms with Crippen molar-refractivity contribution in [3.05, 3.63) is 27.7 Å². The van der Waals surface area contributed by atoms with Gasteiger partial charge in [-0.3, -0.25) is 4.79 Å². The van der Waals surface area contributed by atoms with Crippen LogP contribution in [0, 0.1) is 11.3 Å².